The number of H-pyrrole nitrogens is 2. The number of para-hydroxylation sites is 2. The predicted octanol–water partition coefficient (Wildman–Crippen LogP) is 4.50. The van der Waals surface area contributed by atoms with Gasteiger partial charge in [0.2, 0.25) is 0 Å². The van der Waals surface area contributed by atoms with Gasteiger partial charge in [-0.25, -0.2) is 4.98 Å². The number of anilines is 1. The average molecular weight is 384 g/mol. The van der Waals surface area contributed by atoms with E-state index >= 15 is 0 Å². The number of fused-ring (bicyclic) bond motifs is 1. The molecular formula is C23H24N6. The third kappa shape index (κ3) is 3.67. The van der Waals surface area contributed by atoms with Crippen LogP contribution in [0.4, 0.5) is 5.82 Å². The number of imidazole rings is 1. The smallest absolute Gasteiger partial charge is 0.156 e. The number of rotatable bonds is 5. The molecule has 6 nitrogen and oxygen atoms in total. The number of aromatic amines is 2. The van der Waals surface area contributed by atoms with E-state index in [4.69, 9.17) is 0 Å². The second kappa shape index (κ2) is 7.56. The van der Waals surface area contributed by atoms with Gasteiger partial charge in [-0.3, -0.25) is 5.10 Å². The quantitative estimate of drug-likeness (QED) is 0.408. The summed E-state index contributed by atoms with van der Waals surface area (Å²) < 4.78 is 0. The van der Waals surface area contributed by atoms with E-state index in [1.807, 2.05) is 30.3 Å². The van der Waals surface area contributed by atoms with Crippen LogP contribution in [0.1, 0.15) is 29.9 Å². The lowest BCUT2D eigenvalue weighted by molar-refractivity contribution is 0.460. The molecule has 0 atom stereocenters. The first-order chi connectivity index (χ1) is 14.3. The summed E-state index contributed by atoms with van der Waals surface area (Å²) in [7, 11) is 0. The highest BCUT2D eigenvalue weighted by molar-refractivity contribution is 5.80. The fourth-order valence-electron chi connectivity index (χ4n) is 3.93. The molecule has 4 N–H and O–H groups in total. The molecule has 0 amide bonds. The molecule has 0 unspecified atom stereocenters. The van der Waals surface area contributed by atoms with Crippen LogP contribution in [0.3, 0.4) is 0 Å². The average Bonchev–Trinajstić information content (AvgIpc) is 3.41. The first-order valence-corrected chi connectivity index (χ1v) is 10.0. The van der Waals surface area contributed by atoms with Gasteiger partial charge in [0.1, 0.15) is 5.69 Å². The van der Waals surface area contributed by atoms with Gasteiger partial charge in [0.25, 0.3) is 0 Å². The van der Waals surface area contributed by atoms with Crippen molar-refractivity contribution in [3.8, 4) is 11.5 Å². The van der Waals surface area contributed by atoms with E-state index in [0.717, 1.165) is 46.9 Å². The summed E-state index contributed by atoms with van der Waals surface area (Å²) in [5, 5.41) is 14.1. The fourth-order valence-corrected chi connectivity index (χ4v) is 3.93. The van der Waals surface area contributed by atoms with Gasteiger partial charge in [0.05, 0.1) is 11.0 Å². The Labute approximate surface area is 169 Å². The van der Waals surface area contributed by atoms with Crippen molar-refractivity contribution in [3.63, 3.8) is 0 Å². The van der Waals surface area contributed by atoms with Crippen LogP contribution < -0.4 is 10.6 Å². The number of aromatic nitrogens is 4. The molecule has 1 fully saturated rings. The topological polar surface area (TPSA) is 81.4 Å². The van der Waals surface area contributed by atoms with E-state index in [-0.39, 0.29) is 0 Å². The van der Waals surface area contributed by atoms with E-state index in [1.165, 1.54) is 18.4 Å². The van der Waals surface area contributed by atoms with Gasteiger partial charge in [-0.1, -0.05) is 43.0 Å². The summed E-state index contributed by atoms with van der Waals surface area (Å²) in [5.41, 5.74) is 6.07. The summed E-state index contributed by atoms with van der Waals surface area (Å²) in [4.78, 5) is 7.92. The highest BCUT2D eigenvalue weighted by atomic mass is 15.2. The molecule has 4 aromatic rings. The van der Waals surface area contributed by atoms with Crippen LogP contribution in [0, 0.1) is 0 Å². The highest BCUT2D eigenvalue weighted by Gasteiger charge is 2.15. The summed E-state index contributed by atoms with van der Waals surface area (Å²) in [6.07, 6.45) is 2.41. The number of benzene rings is 2. The van der Waals surface area contributed by atoms with Crippen LogP contribution in [0.25, 0.3) is 28.2 Å². The normalized spacial score (nSPS) is 14.9. The zero-order chi connectivity index (χ0) is 19.6. The summed E-state index contributed by atoms with van der Waals surface area (Å²) in [6.45, 7) is 6.39. The van der Waals surface area contributed by atoms with Gasteiger partial charge in [0.15, 0.2) is 11.6 Å². The minimum absolute atomic E-state index is 0.657. The van der Waals surface area contributed by atoms with Crippen molar-refractivity contribution in [3.05, 3.63) is 72.3 Å². The Morgan fingerprint density at radius 2 is 1.83 bits per heavy atom. The molecule has 0 aliphatic carbocycles. The molecule has 2 aromatic heterocycles. The molecule has 1 saturated heterocycles. The maximum Gasteiger partial charge on any atom is 0.156 e. The van der Waals surface area contributed by atoms with E-state index in [9.17, 15) is 0 Å². The number of piperidine rings is 1. The van der Waals surface area contributed by atoms with Crippen molar-refractivity contribution >= 4 is 22.5 Å². The maximum atomic E-state index is 4.61. The lowest BCUT2D eigenvalue weighted by Gasteiger charge is -2.23. The molecule has 29 heavy (non-hydrogen) atoms. The highest BCUT2D eigenvalue weighted by Crippen LogP contribution is 2.27. The molecule has 1 aliphatic heterocycles. The molecule has 1 aliphatic rings. The van der Waals surface area contributed by atoms with Crippen LogP contribution in [0.15, 0.2) is 61.2 Å². The fraction of sp³-hybridized carbons (Fsp3) is 0.217. The minimum Gasteiger partial charge on any atom is -0.339 e. The Morgan fingerprint density at radius 1 is 1.03 bits per heavy atom. The number of nitrogens with zero attached hydrogens (tertiary/aromatic N) is 2. The van der Waals surface area contributed by atoms with Gasteiger partial charge >= 0.3 is 0 Å². The molecule has 0 bridgehead atoms. The molecular weight excluding hydrogens is 360 g/mol. The van der Waals surface area contributed by atoms with E-state index in [2.05, 4.69) is 61.6 Å². The van der Waals surface area contributed by atoms with Crippen LogP contribution >= 0.6 is 0 Å². The summed E-state index contributed by atoms with van der Waals surface area (Å²) in [5.74, 6) is 2.14. The minimum atomic E-state index is 0.657. The Balaban J connectivity index is 1.28. The number of hydrogen-bond acceptors (Lipinski definition) is 4. The summed E-state index contributed by atoms with van der Waals surface area (Å²) in [6, 6.07) is 18.6. The van der Waals surface area contributed by atoms with E-state index in [1.54, 1.807) is 0 Å². The lowest BCUT2D eigenvalue weighted by Crippen LogP contribution is -2.26. The van der Waals surface area contributed by atoms with Crippen LogP contribution in [-0.4, -0.2) is 33.3 Å². The monoisotopic (exact) mass is 384 g/mol. The van der Waals surface area contributed by atoms with Gasteiger partial charge in [-0.2, -0.15) is 5.10 Å². The zero-order valence-corrected chi connectivity index (χ0v) is 16.2. The Kier molecular flexibility index (Phi) is 4.62. The molecule has 0 saturated carbocycles. The molecule has 0 spiro atoms. The first-order valence-electron chi connectivity index (χ1n) is 10.0. The van der Waals surface area contributed by atoms with Crippen molar-refractivity contribution < 1.29 is 0 Å². The Bertz CT molecular complexity index is 1100. The second-order valence-electron chi connectivity index (χ2n) is 7.52. The van der Waals surface area contributed by atoms with Crippen molar-refractivity contribution in [2.45, 2.75) is 18.8 Å². The number of nitrogens with one attached hydrogen (secondary N) is 4. The van der Waals surface area contributed by atoms with Crippen molar-refractivity contribution in [2.75, 3.05) is 18.4 Å². The van der Waals surface area contributed by atoms with E-state index < -0.39 is 0 Å². The van der Waals surface area contributed by atoms with Crippen LogP contribution in [0.2, 0.25) is 0 Å². The Hall–Kier alpha value is -3.38. The molecule has 2 aromatic carbocycles. The first kappa shape index (κ1) is 17.7. The molecule has 0 radical (unpaired) electrons. The van der Waals surface area contributed by atoms with Crippen molar-refractivity contribution in [2.24, 2.45) is 0 Å². The lowest BCUT2D eigenvalue weighted by atomic mass is 9.89. The van der Waals surface area contributed by atoms with E-state index in [0.29, 0.717) is 11.7 Å². The van der Waals surface area contributed by atoms with Crippen LogP contribution in [-0.2, 0) is 0 Å². The number of hydrogen-bond donors (Lipinski definition) is 4. The SMILES string of the molecule is C=C(Nc1cc(-c2nc3ccccc3[nH]2)[nH]n1)c1ccc(C2CCNCC2)cc1. The van der Waals surface area contributed by atoms with Gasteiger partial charge in [0, 0.05) is 11.8 Å². The largest absolute Gasteiger partial charge is 0.339 e. The van der Waals surface area contributed by atoms with Gasteiger partial charge in [-0.05, 0) is 55.1 Å². The second-order valence-corrected chi connectivity index (χ2v) is 7.52. The van der Waals surface area contributed by atoms with Crippen molar-refractivity contribution in [1.82, 2.24) is 25.5 Å². The van der Waals surface area contributed by atoms with Gasteiger partial charge < -0.3 is 15.6 Å². The van der Waals surface area contributed by atoms with Gasteiger partial charge in [-0.15, -0.1) is 0 Å². The molecule has 146 valence electrons. The molecule has 3 heterocycles. The molecule has 5 rings (SSSR count). The van der Waals surface area contributed by atoms with Crippen molar-refractivity contribution in [1.29, 1.82) is 0 Å². The third-order valence-electron chi connectivity index (χ3n) is 5.57. The maximum absolute atomic E-state index is 4.61. The zero-order valence-electron chi connectivity index (χ0n) is 16.2. The Morgan fingerprint density at radius 3 is 2.62 bits per heavy atom. The third-order valence-corrected chi connectivity index (χ3v) is 5.57. The predicted molar refractivity (Wildman–Crippen MR) is 118 cm³/mol. The molecule has 6 heteroatoms. The van der Waals surface area contributed by atoms with Crippen LogP contribution in [0.5, 0.6) is 0 Å². The standard InChI is InChI=1S/C23H24N6/c1-15(16-6-8-17(9-7-16)18-10-12-24-13-11-18)25-22-14-21(28-29-22)23-26-19-4-2-3-5-20(19)27-23/h2-9,14,18,24H,1,10-13H2,(H,26,27)(H2,25,28,29). The summed E-state index contributed by atoms with van der Waals surface area (Å²) >= 11 is 0.